The maximum absolute atomic E-state index is 13.3. The zero-order chi connectivity index (χ0) is 19.2. The number of alkyl halides is 3. The second-order valence-electron chi connectivity index (χ2n) is 6.61. The highest BCUT2D eigenvalue weighted by Gasteiger charge is 2.37. The summed E-state index contributed by atoms with van der Waals surface area (Å²) in [6, 6.07) is 2.34. The fraction of sp³-hybridized carbons (Fsp3) is 0.389. The van der Waals surface area contributed by atoms with Gasteiger partial charge in [0.05, 0.1) is 34.7 Å². The van der Waals surface area contributed by atoms with Crippen LogP contribution in [-0.2, 0) is 6.18 Å². The van der Waals surface area contributed by atoms with Gasteiger partial charge in [-0.2, -0.15) is 13.2 Å². The van der Waals surface area contributed by atoms with Crippen molar-refractivity contribution in [3.05, 3.63) is 40.7 Å². The summed E-state index contributed by atoms with van der Waals surface area (Å²) in [7, 11) is 2.05. The van der Waals surface area contributed by atoms with Gasteiger partial charge in [0.1, 0.15) is 0 Å². The molecule has 9 heteroatoms. The lowest BCUT2D eigenvalue weighted by molar-refractivity contribution is -0.137. The summed E-state index contributed by atoms with van der Waals surface area (Å²) in [5.41, 5.74) is 2.80. The van der Waals surface area contributed by atoms with Crippen LogP contribution in [0.15, 0.2) is 40.1 Å². The predicted molar refractivity (Wildman–Crippen MR) is 100 cm³/mol. The van der Waals surface area contributed by atoms with Gasteiger partial charge in [0.15, 0.2) is 11.7 Å². The minimum atomic E-state index is -4.54. The summed E-state index contributed by atoms with van der Waals surface area (Å²) in [6.07, 6.45) is -1.29. The summed E-state index contributed by atoms with van der Waals surface area (Å²) in [6.45, 7) is 3.64. The fourth-order valence-corrected chi connectivity index (χ4v) is 3.58. The topological polar surface area (TPSA) is 34.4 Å². The third-order valence-corrected chi connectivity index (χ3v) is 5.11. The van der Waals surface area contributed by atoms with E-state index < -0.39 is 11.7 Å². The molecule has 0 N–H and O–H groups in total. The maximum atomic E-state index is 13.3. The van der Waals surface area contributed by atoms with E-state index in [1.54, 1.807) is 11.0 Å². The zero-order valence-electron chi connectivity index (χ0n) is 14.6. The Bertz CT molecular complexity index is 891. The van der Waals surface area contributed by atoms with Crippen LogP contribution < -0.4 is 4.90 Å². The lowest BCUT2D eigenvalue weighted by atomic mass is 10.1. The van der Waals surface area contributed by atoms with Crippen LogP contribution in [0, 0.1) is 0 Å². The number of likely N-dealkylation sites (N-methyl/N-ethyl adjacent to an activating group) is 1. The van der Waals surface area contributed by atoms with Crippen LogP contribution in [0.3, 0.4) is 0 Å². The van der Waals surface area contributed by atoms with Gasteiger partial charge >= 0.3 is 6.18 Å². The van der Waals surface area contributed by atoms with E-state index in [2.05, 4.69) is 32.6 Å². The number of halogens is 4. The average molecular weight is 396 g/mol. The summed E-state index contributed by atoms with van der Waals surface area (Å²) < 4.78 is 40.0. The van der Waals surface area contributed by atoms with E-state index in [0.29, 0.717) is 29.6 Å². The molecule has 0 unspecified atom stereocenters. The normalized spacial score (nSPS) is 20.0. The number of nitrogens with zero attached hydrogens (tertiary/aromatic N) is 5. The molecule has 0 amide bonds. The molecule has 0 aromatic heterocycles. The molecule has 1 fully saturated rings. The molecular formula is C18H17ClF3N5. The summed E-state index contributed by atoms with van der Waals surface area (Å²) in [4.78, 5) is 15.1. The lowest BCUT2D eigenvalue weighted by Crippen LogP contribution is -2.53. The van der Waals surface area contributed by atoms with Crippen LogP contribution >= 0.6 is 11.6 Å². The fourth-order valence-electron chi connectivity index (χ4n) is 3.31. The van der Waals surface area contributed by atoms with Gasteiger partial charge in [-0.15, -0.1) is 5.73 Å². The van der Waals surface area contributed by atoms with E-state index >= 15 is 0 Å². The molecule has 0 spiro atoms. The Balaban J connectivity index is 1.84. The molecule has 0 aliphatic carbocycles. The molecule has 4 rings (SSSR count). The van der Waals surface area contributed by atoms with Crippen molar-refractivity contribution in [2.24, 2.45) is 9.98 Å². The van der Waals surface area contributed by atoms with E-state index in [9.17, 15) is 13.2 Å². The van der Waals surface area contributed by atoms with E-state index in [4.69, 9.17) is 11.6 Å². The molecule has 1 saturated heterocycles. The van der Waals surface area contributed by atoms with E-state index in [-0.39, 0.29) is 5.02 Å². The Morgan fingerprint density at radius 3 is 2.56 bits per heavy atom. The lowest BCUT2D eigenvalue weighted by Gasteiger charge is -2.39. The zero-order valence-corrected chi connectivity index (χ0v) is 15.3. The number of rotatable bonds is 0. The molecule has 3 heterocycles. The Kier molecular flexibility index (Phi) is 4.50. The third kappa shape index (κ3) is 3.36. The second kappa shape index (κ2) is 6.71. The van der Waals surface area contributed by atoms with Crippen molar-refractivity contribution in [3.8, 4) is 0 Å². The SMILES string of the molecule is CN1CCN(C2=Nc3cc(Cl)c(C(F)(F)F)cc3N3CC=C=CN=C23)CC1. The van der Waals surface area contributed by atoms with Gasteiger partial charge in [0.25, 0.3) is 0 Å². The van der Waals surface area contributed by atoms with Crippen molar-refractivity contribution in [1.29, 1.82) is 0 Å². The molecule has 27 heavy (non-hydrogen) atoms. The molecular weight excluding hydrogens is 379 g/mol. The highest BCUT2D eigenvalue weighted by atomic mass is 35.5. The Morgan fingerprint density at radius 2 is 1.85 bits per heavy atom. The number of amidine groups is 2. The van der Waals surface area contributed by atoms with Gasteiger partial charge in [-0.1, -0.05) is 11.6 Å². The van der Waals surface area contributed by atoms with Crippen molar-refractivity contribution >= 4 is 34.6 Å². The highest BCUT2D eigenvalue weighted by Crippen LogP contribution is 2.43. The van der Waals surface area contributed by atoms with Crippen molar-refractivity contribution in [3.63, 3.8) is 0 Å². The first-order valence-electron chi connectivity index (χ1n) is 8.52. The van der Waals surface area contributed by atoms with Crippen molar-refractivity contribution < 1.29 is 13.2 Å². The Morgan fingerprint density at radius 1 is 1.11 bits per heavy atom. The van der Waals surface area contributed by atoms with Crippen LogP contribution in [0.4, 0.5) is 24.5 Å². The maximum Gasteiger partial charge on any atom is 0.417 e. The first kappa shape index (κ1) is 18.1. The molecule has 1 aromatic carbocycles. The number of fused-ring (bicyclic) bond motifs is 3. The first-order valence-corrected chi connectivity index (χ1v) is 8.90. The molecule has 5 nitrogen and oxygen atoms in total. The smallest absolute Gasteiger partial charge is 0.351 e. The van der Waals surface area contributed by atoms with Crippen LogP contribution in [0.1, 0.15) is 5.56 Å². The molecule has 0 atom stereocenters. The van der Waals surface area contributed by atoms with Gasteiger partial charge in [-0.3, -0.25) is 0 Å². The highest BCUT2D eigenvalue weighted by molar-refractivity contribution is 6.47. The first-order chi connectivity index (χ1) is 12.8. The number of benzene rings is 1. The van der Waals surface area contributed by atoms with Gasteiger partial charge < -0.3 is 14.7 Å². The molecule has 142 valence electrons. The van der Waals surface area contributed by atoms with Gasteiger partial charge in [0.2, 0.25) is 0 Å². The summed E-state index contributed by atoms with van der Waals surface area (Å²) in [5, 5.41) is -0.355. The minimum absolute atomic E-state index is 0.344. The monoisotopic (exact) mass is 395 g/mol. The van der Waals surface area contributed by atoms with Crippen molar-refractivity contribution in [2.75, 3.05) is 44.7 Å². The second-order valence-corrected chi connectivity index (χ2v) is 7.01. The molecule has 0 radical (unpaired) electrons. The number of hydrogen-bond acceptors (Lipinski definition) is 5. The van der Waals surface area contributed by atoms with Crippen molar-refractivity contribution in [1.82, 2.24) is 9.80 Å². The van der Waals surface area contributed by atoms with E-state index in [1.165, 1.54) is 12.3 Å². The number of piperazine rings is 1. The standard InChI is InChI=1S/C18H17ClF3N5/c1-25-6-8-26(9-7-25)17-16-23-4-2-3-5-27(16)15-10-12(18(20,21)22)13(19)11-14(15)24-17/h3-4,10-11H,5-9H2,1H3. The Hall–Kier alpha value is -2.28. The molecule has 3 aliphatic heterocycles. The van der Waals surface area contributed by atoms with E-state index in [0.717, 1.165) is 32.2 Å². The van der Waals surface area contributed by atoms with Crippen molar-refractivity contribution in [2.45, 2.75) is 6.18 Å². The molecule has 0 saturated carbocycles. The van der Waals surface area contributed by atoms with Gasteiger partial charge in [0, 0.05) is 26.2 Å². The quantitative estimate of drug-likeness (QED) is 0.630. The van der Waals surface area contributed by atoms with Crippen LogP contribution in [0.5, 0.6) is 0 Å². The van der Waals surface area contributed by atoms with Crippen LogP contribution in [-0.4, -0.2) is 61.2 Å². The van der Waals surface area contributed by atoms with Crippen LogP contribution in [0.2, 0.25) is 5.02 Å². The number of aliphatic imine (C=N–C) groups is 2. The third-order valence-electron chi connectivity index (χ3n) is 4.80. The van der Waals surface area contributed by atoms with E-state index in [1.807, 2.05) is 0 Å². The molecule has 1 aromatic rings. The largest absolute Gasteiger partial charge is 0.417 e. The minimum Gasteiger partial charge on any atom is -0.351 e. The Labute approximate surface area is 159 Å². The molecule has 3 aliphatic rings. The summed E-state index contributed by atoms with van der Waals surface area (Å²) in [5.74, 6) is 1.18. The number of anilines is 1. The number of hydrogen-bond donors (Lipinski definition) is 0. The van der Waals surface area contributed by atoms with Gasteiger partial charge in [-0.25, -0.2) is 9.98 Å². The summed E-state index contributed by atoms with van der Waals surface area (Å²) >= 11 is 5.92. The average Bonchev–Trinajstić information content (AvgIpc) is 2.86. The predicted octanol–water partition coefficient (Wildman–Crippen LogP) is 3.54. The van der Waals surface area contributed by atoms with Gasteiger partial charge in [-0.05, 0) is 25.3 Å². The van der Waals surface area contributed by atoms with Crippen LogP contribution in [0.25, 0.3) is 0 Å². The molecule has 0 bridgehead atoms.